The molecule has 1 heterocycles. The number of nitrogen functional groups attached to an aromatic ring is 2. The van der Waals surface area contributed by atoms with Crippen molar-refractivity contribution in [2.45, 2.75) is 0 Å². The lowest BCUT2D eigenvalue weighted by Crippen LogP contribution is -1.97. The number of anilines is 2. The summed E-state index contributed by atoms with van der Waals surface area (Å²) in [4.78, 5) is 4.07. The zero-order valence-corrected chi connectivity index (χ0v) is 8.86. The molecule has 15 heavy (non-hydrogen) atoms. The van der Waals surface area contributed by atoms with Crippen molar-refractivity contribution in [2.24, 2.45) is 7.05 Å². The van der Waals surface area contributed by atoms with Crippen molar-refractivity contribution in [1.82, 2.24) is 14.8 Å². The van der Waals surface area contributed by atoms with Crippen LogP contribution in [0.2, 0.25) is 5.02 Å². The lowest BCUT2D eigenvalue weighted by molar-refractivity contribution is 0.781. The summed E-state index contributed by atoms with van der Waals surface area (Å²) in [7, 11) is 1.71. The minimum atomic E-state index is 0.337. The van der Waals surface area contributed by atoms with Crippen molar-refractivity contribution in [3.05, 3.63) is 23.2 Å². The molecule has 5 nitrogen and oxygen atoms in total. The molecule has 2 aromatic rings. The molecular formula is C9H10ClN5. The maximum absolute atomic E-state index is 5.89. The van der Waals surface area contributed by atoms with Crippen LogP contribution >= 0.6 is 11.6 Å². The highest BCUT2D eigenvalue weighted by Crippen LogP contribution is 2.29. The van der Waals surface area contributed by atoms with E-state index in [1.807, 2.05) is 0 Å². The van der Waals surface area contributed by atoms with E-state index in [2.05, 4.69) is 10.1 Å². The van der Waals surface area contributed by atoms with Gasteiger partial charge in [0.25, 0.3) is 0 Å². The van der Waals surface area contributed by atoms with Crippen molar-refractivity contribution < 1.29 is 0 Å². The zero-order chi connectivity index (χ0) is 11.0. The van der Waals surface area contributed by atoms with Gasteiger partial charge in [0.2, 0.25) is 5.95 Å². The SMILES string of the molecule is Cn1nc(-c2cccc(Cl)c2N)nc1N. The lowest BCUT2D eigenvalue weighted by atomic mass is 10.2. The first-order chi connectivity index (χ1) is 7.09. The van der Waals surface area contributed by atoms with Gasteiger partial charge >= 0.3 is 0 Å². The molecule has 0 saturated heterocycles. The fraction of sp³-hybridized carbons (Fsp3) is 0.111. The maximum atomic E-state index is 5.89. The van der Waals surface area contributed by atoms with Gasteiger partial charge in [0, 0.05) is 12.6 Å². The van der Waals surface area contributed by atoms with E-state index in [1.165, 1.54) is 4.68 Å². The van der Waals surface area contributed by atoms with Gasteiger partial charge in [0.15, 0.2) is 5.82 Å². The number of rotatable bonds is 1. The lowest BCUT2D eigenvalue weighted by Gasteiger charge is -2.02. The summed E-state index contributed by atoms with van der Waals surface area (Å²) in [6.07, 6.45) is 0. The quantitative estimate of drug-likeness (QED) is 0.714. The molecule has 0 unspecified atom stereocenters. The summed E-state index contributed by atoms with van der Waals surface area (Å²) < 4.78 is 1.48. The predicted octanol–water partition coefficient (Wildman–Crippen LogP) is 1.30. The van der Waals surface area contributed by atoms with Gasteiger partial charge in [-0.05, 0) is 12.1 Å². The van der Waals surface area contributed by atoms with Gasteiger partial charge in [-0.2, -0.15) is 4.98 Å². The van der Waals surface area contributed by atoms with Crippen molar-refractivity contribution in [3.8, 4) is 11.4 Å². The highest BCUT2D eigenvalue weighted by atomic mass is 35.5. The number of para-hydroxylation sites is 1. The number of nitrogens with two attached hydrogens (primary N) is 2. The van der Waals surface area contributed by atoms with Crippen LogP contribution in [-0.2, 0) is 7.05 Å². The summed E-state index contributed by atoms with van der Waals surface area (Å²) in [5.74, 6) is 0.819. The summed E-state index contributed by atoms with van der Waals surface area (Å²) in [6, 6.07) is 5.31. The fourth-order valence-corrected chi connectivity index (χ4v) is 1.42. The summed E-state index contributed by atoms with van der Waals surface area (Å²) in [6.45, 7) is 0. The molecule has 6 heteroatoms. The number of nitrogens with zero attached hydrogens (tertiary/aromatic N) is 3. The third-order valence-electron chi connectivity index (χ3n) is 2.09. The van der Waals surface area contributed by atoms with Crippen LogP contribution in [0.3, 0.4) is 0 Å². The van der Waals surface area contributed by atoms with Crippen molar-refractivity contribution in [2.75, 3.05) is 11.5 Å². The first-order valence-corrected chi connectivity index (χ1v) is 4.68. The van der Waals surface area contributed by atoms with Gasteiger partial charge in [-0.15, -0.1) is 5.10 Å². The second-order valence-corrected chi connectivity index (χ2v) is 3.53. The van der Waals surface area contributed by atoms with E-state index in [1.54, 1.807) is 25.2 Å². The largest absolute Gasteiger partial charge is 0.397 e. The Bertz CT molecular complexity index is 486. The Balaban J connectivity index is 2.59. The summed E-state index contributed by atoms with van der Waals surface area (Å²) in [5.41, 5.74) is 12.5. The Labute approximate surface area is 91.7 Å². The highest BCUT2D eigenvalue weighted by Gasteiger charge is 2.11. The monoisotopic (exact) mass is 223 g/mol. The van der Waals surface area contributed by atoms with Gasteiger partial charge in [0.05, 0.1) is 10.7 Å². The van der Waals surface area contributed by atoms with Crippen LogP contribution in [0.5, 0.6) is 0 Å². The van der Waals surface area contributed by atoms with Crippen molar-refractivity contribution in [3.63, 3.8) is 0 Å². The van der Waals surface area contributed by atoms with Gasteiger partial charge in [-0.25, -0.2) is 4.68 Å². The standard InChI is InChI=1S/C9H10ClN5/c1-15-9(12)13-8(14-15)5-3-2-4-6(10)7(5)11/h2-4H,11H2,1H3,(H2,12,13,14). The average molecular weight is 224 g/mol. The molecule has 0 spiro atoms. The Hall–Kier alpha value is -1.75. The van der Waals surface area contributed by atoms with Gasteiger partial charge < -0.3 is 11.5 Å². The summed E-state index contributed by atoms with van der Waals surface area (Å²) >= 11 is 5.89. The first-order valence-electron chi connectivity index (χ1n) is 4.30. The molecule has 0 saturated carbocycles. The summed E-state index contributed by atoms with van der Waals surface area (Å²) in [5, 5.41) is 4.61. The maximum Gasteiger partial charge on any atom is 0.218 e. The smallest absolute Gasteiger partial charge is 0.218 e. The Morgan fingerprint density at radius 3 is 2.67 bits per heavy atom. The number of aryl methyl sites for hydroxylation is 1. The van der Waals surface area contributed by atoms with Crippen molar-refractivity contribution >= 4 is 23.2 Å². The minimum absolute atomic E-state index is 0.337. The first kappa shape index (κ1) is 9.79. The van der Waals surface area contributed by atoms with Crippen LogP contribution < -0.4 is 11.5 Å². The highest BCUT2D eigenvalue weighted by molar-refractivity contribution is 6.33. The molecule has 4 N–H and O–H groups in total. The van der Waals surface area contributed by atoms with Gasteiger partial charge in [0.1, 0.15) is 0 Å². The Morgan fingerprint density at radius 1 is 1.33 bits per heavy atom. The van der Waals surface area contributed by atoms with Crippen LogP contribution in [0.15, 0.2) is 18.2 Å². The number of benzene rings is 1. The molecule has 1 aromatic heterocycles. The third kappa shape index (κ3) is 1.61. The molecule has 0 fully saturated rings. The van der Waals surface area contributed by atoms with E-state index in [9.17, 15) is 0 Å². The van der Waals surface area contributed by atoms with Crippen LogP contribution in [0, 0.1) is 0 Å². The molecule has 0 radical (unpaired) electrons. The van der Waals surface area contributed by atoms with Crippen LogP contribution in [0.25, 0.3) is 11.4 Å². The van der Waals surface area contributed by atoms with Gasteiger partial charge in [-0.1, -0.05) is 17.7 Å². The van der Waals surface area contributed by atoms with Crippen LogP contribution in [0.4, 0.5) is 11.6 Å². The van der Waals surface area contributed by atoms with E-state index < -0.39 is 0 Å². The zero-order valence-electron chi connectivity index (χ0n) is 8.11. The molecule has 1 aromatic carbocycles. The van der Waals surface area contributed by atoms with Crippen LogP contribution in [0.1, 0.15) is 0 Å². The minimum Gasteiger partial charge on any atom is -0.397 e. The Morgan fingerprint density at radius 2 is 2.07 bits per heavy atom. The van der Waals surface area contributed by atoms with Gasteiger partial charge in [-0.3, -0.25) is 0 Å². The van der Waals surface area contributed by atoms with Crippen molar-refractivity contribution in [1.29, 1.82) is 0 Å². The number of hydrogen-bond donors (Lipinski definition) is 2. The molecule has 0 aliphatic carbocycles. The third-order valence-corrected chi connectivity index (χ3v) is 2.42. The van der Waals surface area contributed by atoms with E-state index in [0.717, 1.165) is 0 Å². The molecule has 0 aliphatic heterocycles. The molecule has 78 valence electrons. The topological polar surface area (TPSA) is 82.8 Å². The number of halogens is 1. The predicted molar refractivity (Wildman–Crippen MR) is 60.3 cm³/mol. The molecule has 0 bridgehead atoms. The molecular weight excluding hydrogens is 214 g/mol. The normalized spacial score (nSPS) is 10.5. The van der Waals surface area contributed by atoms with E-state index in [4.69, 9.17) is 23.1 Å². The molecule has 0 atom stereocenters. The Kier molecular flexibility index (Phi) is 2.24. The van der Waals surface area contributed by atoms with E-state index in [-0.39, 0.29) is 0 Å². The average Bonchev–Trinajstić information content (AvgIpc) is 2.51. The fourth-order valence-electron chi connectivity index (χ4n) is 1.24. The number of aromatic nitrogens is 3. The number of hydrogen-bond acceptors (Lipinski definition) is 4. The second-order valence-electron chi connectivity index (χ2n) is 3.12. The second kappa shape index (κ2) is 3.43. The molecule has 0 aliphatic rings. The molecule has 0 amide bonds. The van der Waals surface area contributed by atoms with E-state index in [0.29, 0.717) is 28.0 Å². The van der Waals surface area contributed by atoms with Crippen LogP contribution in [-0.4, -0.2) is 14.8 Å². The van der Waals surface area contributed by atoms with E-state index >= 15 is 0 Å². The molecule has 2 rings (SSSR count).